The summed E-state index contributed by atoms with van der Waals surface area (Å²) in [4.78, 5) is 31.1. The van der Waals surface area contributed by atoms with Crippen LogP contribution in [-0.2, 0) is 18.5 Å². The molecule has 156 valence electrons. The Morgan fingerprint density at radius 3 is 2.59 bits per heavy atom. The molecule has 1 aromatic carbocycles. The van der Waals surface area contributed by atoms with Gasteiger partial charge in [0.1, 0.15) is 18.2 Å². The molecule has 0 aliphatic rings. The predicted molar refractivity (Wildman–Crippen MR) is 113 cm³/mol. The van der Waals surface area contributed by atoms with Crippen molar-refractivity contribution >= 4 is 19.2 Å². The molecule has 0 fully saturated rings. The lowest BCUT2D eigenvalue weighted by Gasteiger charge is -2.16. The molecule has 10 heteroatoms. The van der Waals surface area contributed by atoms with Crippen molar-refractivity contribution < 1.29 is 14.2 Å². The normalized spacial score (nSPS) is 11.8. The number of rotatable bonds is 8. The highest BCUT2D eigenvalue weighted by molar-refractivity contribution is 6.76. The number of hydrogen-bond acceptors (Lipinski definition) is 6. The Balaban J connectivity index is 2.00. The summed E-state index contributed by atoms with van der Waals surface area (Å²) in [6, 6.07) is 8.19. The molecule has 3 aromatic rings. The highest BCUT2D eigenvalue weighted by atomic mass is 28.3. The van der Waals surface area contributed by atoms with E-state index in [9.17, 15) is 9.59 Å². The second kappa shape index (κ2) is 8.25. The zero-order chi connectivity index (χ0) is 21.2. The first-order valence-electron chi connectivity index (χ1n) is 9.29. The third kappa shape index (κ3) is 4.77. The van der Waals surface area contributed by atoms with Crippen LogP contribution in [0, 0.1) is 0 Å². The smallest absolute Gasteiger partial charge is 0.329 e. The van der Waals surface area contributed by atoms with Gasteiger partial charge >= 0.3 is 11.7 Å². The molecule has 0 saturated carbocycles. The number of ether oxygens (including phenoxy) is 3. The van der Waals surface area contributed by atoms with Gasteiger partial charge in [0.05, 0.1) is 7.11 Å². The fraction of sp³-hybridized carbons (Fsp3) is 0.421. The van der Waals surface area contributed by atoms with E-state index in [0.29, 0.717) is 18.1 Å². The summed E-state index contributed by atoms with van der Waals surface area (Å²) in [7, 11) is 1.85. The van der Waals surface area contributed by atoms with E-state index < -0.39 is 19.3 Å². The molecular weight excluding hydrogens is 392 g/mol. The largest absolute Gasteiger partial charge is 0.497 e. The summed E-state index contributed by atoms with van der Waals surface area (Å²) >= 11 is 0. The van der Waals surface area contributed by atoms with Crippen LogP contribution in [0.15, 0.2) is 33.9 Å². The number of benzene rings is 1. The van der Waals surface area contributed by atoms with Gasteiger partial charge in [0.25, 0.3) is 5.56 Å². The topological polar surface area (TPSA) is 100 Å². The molecule has 3 rings (SSSR count). The van der Waals surface area contributed by atoms with Crippen molar-refractivity contribution in [1.29, 1.82) is 0 Å². The van der Waals surface area contributed by atoms with Crippen LogP contribution in [0.3, 0.4) is 0 Å². The maximum absolute atomic E-state index is 12.5. The van der Waals surface area contributed by atoms with E-state index in [1.54, 1.807) is 38.4 Å². The number of aromatic nitrogens is 4. The summed E-state index contributed by atoms with van der Waals surface area (Å²) in [6.45, 7) is 7.45. The molecule has 0 aliphatic heterocycles. The van der Waals surface area contributed by atoms with Gasteiger partial charge in [0, 0.05) is 27.8 Å². The number of nitrogens with one attached hydrogen (secondary N) is 1. The van der Waals surface area contributed by atoms with Crippen LogP contribution in [0.5, 0.6) is 17.5 Å². The SMILES string of the molecule is COc1cccc(Oc2nc3c(c(=O)[nH]c(=O)n3C)n2COCC[Si](C)(C)C)c1. The summed E-state index contributed by atoms with van der Waals surface area (Å²) < 4.78 is 19.8. The van der Waals surface area contributed by atoms with Gasteiger partial charge in [-0.25, -0.2) is 4.79 Å². The van der Waals surface area contributed by atoms with Crippen molar-refractivity contribution in [2.75, 3.05) is 13.7 Å². The molecule has 0 atom stereocenters. The van der Waals surface area contributed by atoms with E-state index >= 15 is 0 Å². The van der Waals surface area contributed by atoms with Crippen molar-refractivity contribution in [2.45, 2.75) is 32.4 Å². The summed E-state index contributed by atoms with van der Waals surface area (Å²) in [5, 5.41) is 0. The summed E-state index contributed by atoms with van der Waals surface area (Å²) in [5.41, 5.74) is -0.631. The number of imidazole rings is 1. The molecule has 1 N–H and O–H groups in total. The van der Waals surface area contributed by atoms with Gasteiger partial charge < -0.3 is 14.2 Å². The molecule has 2 aromatic heterocycles. The van der Waals surface area contributed by atoms with Gasteiger partial charge in [-0.15, -0.1) is 0 Å². The Hall–Kier alpha value is -2.85. The number of nitrogens with zero attached hydrogens (tertiary/aromatic N) is 3. The average molecular weight is 419 g/mol. The average Bonchev–Trinajstić information content (AvgIpc) is 3.01. The van der Waals surface area contributed by atoms with E-state index in [-0.39, 0.29) is 23.9 Å². The minimum Gasteiger partial charge on any atom is -0.497 e. The Labute approximate surface area is 168 Å². The van der Waals surface area contributed by atoms with Crippen LogP contribution >= 0.6 is 0 Å². The fourth-order valence-corrected chi connectivity index (χ4v) is 3.47. The first-order valence-corrected chi connectivity index (χ1v) is 13.0. The molecule has 2 heterocycles. The molecule has 9 nitrogen and oxygen atoms in total. The standard InChI is InChI=1S/C19H26N4O5Si/c1-22-16-15(17(24)21-18(22)25)23(12-27-9-10-29(3,4)5)19(20-16)28-14-8-6-7-13(11-14)26-2/h6-8,11H,9-10,12H2,1-5H3,(H,21,24,25). The molecule has 0 aliphatic carbocycles. The van der Waals surface area contributed by atoms with Crippen LogP contribution in [0.2, 0.25) is 25.7 Å². The molecule has 0 bridgehead atoms. The van der Waals surface area contributed by atoms with E-state index in [1.807, 2.05) is 0 Å². The van der Waals surface area contributed by atoms with Crippen LogP contribution in [0.1, 0.15) is 0 Å². The van der Waals surface area contributed by atoms with Crippen LogP contribution in [-0.4, -0.2) is 40.9 Å². The van der Waals surface area contributed by atoms with Crippen molar-refractivity contribution in [3.63, 3.8) is 0 Å². The van der Waals surface area contributed by atoms with Crippen molar-refractivity contribution in [3.8, 4) is 17.5 Å². The van der Waals surface area contributed by atoms with E-state index in [0.717, 1.165) is 6.04 Å². The Bertz CT molecular complexity index is 1130. The summed E-state index contributed by atoms with van der Waals surface area (Å²) in [6.07, 6.45) is 0. The van der Waals surface area contributed by atoms with E-state index in [2.05, 4.69) is 29.6 Å². The van der Waals surface area contributed by atoms with Crippen LogP contribution in [0.25, 0.3) is 11.2 Å². The zero-order valence-corrected chi connectivity index (χ0v) is 18.3. The molecular formula is C19H26N4O5Si. The summed E-state index contributed by atoms with van der Waals surface area (Å²) in [5.74, 6) is 1.12. The number of fused-ring (bicyclic) bond motifs is 1. The van der Waals surface area contributed by atoms with Crippen LogP contribution < -0.4 is 20.7 Å². The van der Waals surface area contributed by atoms with Gasteiger partial charge in [-0.3, -0.25) is 18.9 Å². The Morgan fingerprint density at radius 1 is 1.17 bits per heavy atom. The fourth-order valence-electron chi connectivity index (χ4n) is 2.72. The first-order chi connectivity index (χ1) is 13.7. The number of methoxy groups -OCH3 is 1. The van der Waals surface area contributed by atoms with Crippen molar-refractivity contribution in [2.24, 2.45) is 7.05 Å². The minimum absolute atomic E-state index is 0.0849. The van der Waals surface area contributed by atoms with Crippen molar-refractivity contribution in [3.05, 3.63) is 45.1 Å². The van der Waals surface area contributed by atoms with E-state index in [1.165, 1.54) is 9.13 Å². The van der Waals surface area contributed by atoms with E-state index in [4.69, 9.17) is 14.2 Å². The maximum atomic E-state index is 12.5. The maximum Gasteiger partial charge on any atom is 0.329 e. The van der Waals surface area contributed by atoms with Gasteiger partial charge in [0.15, 0.2) is 11.2 Å². The van der Waals surface area contributed by atoms with Gasteiger partial charge in [-0.2, -0.15) is 4.98 Å². The third-order valence-electron chi connectivity index (χ3n) is 4.44. The molecule has 0 amide bonds. The van der Waals surface area contributed by atoms with Gasteiger partial charge in [-0.1, -0.05) is 25.7 Å². The number of aryl methyl sites for hydroxylation is 1. The lowest BCUT2D eigenvalue weighted by molar-refractivity contribution is 0.0848. The lowest BCUT2D eigenvalue weighted by atomic mass is 10.3. The second-order valence-electron chi connectivity index (χ2n) is 7.94. The minimum atomic E-state index is -1.25. The lowest BCUT2D eigenvalue weighted by Crippen LogP contribution is -2.29. The Morgan fingerprint density at radius 2 is 1.90 bits per heavy atom. The number of aromatic amines is 1. The van der Waals surface area contributed by atoms with Gasteiger partial charge in [-0.05, 0) is 18.2 Å². The number of hydrogen-bond donors (Lipinski definition) is 1. The highest BCUT2D eigenvalue weighted by Crippen LogP contribution is 2.26. The van der Waals surface area contributed by atoms with Gasteiger partial charge in [0.2, 0.25) is 0 Å². The second-order valence-corrected chi connectivity index (χ2v) is 13.6. The van der Waals surface area contributed by atoms with Crippen LogP contribution in [0.4, 0.5) is 0 Å². The predicted octanol–water partition coefficient (Wildman–Crippen LogP) is 2.54. The number of H-pyrrole nitrogens is 1. The monoisotopic (exact) mass is 418 g/mol. The molecule has 29 heavy (non-hydrogen) atoms. The first kappa shape index (κ1) is 20.9. The quantitative estimate of drug-likeness (QED) is 0.446. The zero-order valence-electron chi connectivity index (χ0n) is 17.3. The molecule has 0 unspecified atom stereocenters. The molecule has 0 radical (unpaired) electrons. The molecule has 0 saturated heterocycles. The molecule has 0 spiro atoms. The Kier molecular flexibility index (Phi) is 5.94. The third-order valence-corrected chi connectivity index (χ3v) is 6.14. The van der Waals surface area contributed by atoms with Crippen molar-refractivity contribution in [1.82, 2.24) is 19.1 Å². The highest BCUT2D eigenvalue weighted by Gasteiger charge is 2.20.